The van der Waals surface area contributed by atoms with Crippen molar-refractivity contribution in [2.24, 2.45) is 0 Å². The highest BCUT2D eigenvalue weighted by Crippen LogP contribution is 2.30. The van der Waals surface area contributed by atoms with Crippen LogP contribution >= 0.6 is 0 Å². The van der Waals surface area contributed by atoms with E-state index in [1.807, 2.05) is 0 Å². The van der Waals surface area contributed by atoms with E-state index < -0.39 is 6.61 Å². The summed E-state index contributed by atoms with van der Waals surface area (Å²) in [6.45, 7) is -2.54. The van der Waals surface area contributed by atoms with Crippen molar-refractivity contribution >= 4 is 5.76 Å². The van der Waals surface area contributed by atoms with Gasteiger partial charge in [0, 0.05) is 0 Å². The summed E-state index contributed by atoms with van der Waals surface area (Å²) in [5, 5.41) is 0. The van der Waals surface area contributed by atoms with Gasteiger partial charge in [0.15, 0.2) is 0 Å². The van der Waals surface area contributed by atoms with Crippen LogP contribution in [0.15, 0.2) is 30.3 Å². The first-order valence-electron chi connectivity index (χ1n) is 4.14. The van der Waals surface area contributed by atoms with Gasteiger partial charge in [-0.15, -0.1) is 0 Å². The first-order valence-corrected chi connectivity index (χ1v) is 4.14. The fourth-order valence-corrected chi connectivity index (χ4v) is 1.32. The summed E-state index contributed by atoms with van der Waals surface area (Å²) >= 11 is 0. The second kappa shape index (κ2) is 3.65. The van der Waals surface area contributed by atoms with Crippen LogP contribution in [0.2, 0.25) is 0 Å². The molecule has 0 fully saturated rings. The first-order chi connectivity index (χ1) is 6.77. The Kier molecular flexibility index (Phi) is 2.35. The average Bonchev–Trinajstić information content (AvgIpc) is 2.18. The van der Waals surface area contributed by atoms with Gasteiger partial charge in [0.1, 0.15) is 18.1 Å². The minimum atomic E-state index is -2.80. The number of benzene rings is 1. The van der Waals surface area contributed by atoms with Crippen molar-refractivity contribution < 1.29 is 18.3 Å². The number of alkyl halides is 2. The molecule has 0 unspecified atom stereocenters. The largest absolute Gasteiger partial charge is 0.489 e. The third kappa shape index (κ3) is 1.69. The van der Waals surface area contributed by atoms with Crippen LogP contribution in [-0.2, 0) is 4.74 Å². The molecule has 0 radical (unpaired) electrons. The molecule has 0 bridgehead atoms. The van der Waals surface area contributed by atoms with Crippen LogP contribution < -0.4 is 4.74 Å². The lowest BCUT2D eigenvalue weighted by Crippen LogP contribution is -2.08. The quantitative estimate of drug-likeness (QED) is 0.727. The van der Waals surface area contributed by atoms with Crippen LogP contribution in [-0.4, -0.2) is 13.2 Å². The van der Waals surface area contributed by atoms with Gasteiger partial charge in [0.25, 0.3) is 0 Å². The molecule has 1 aromatic carbocycles. The third-order valence-electron chi connectivity index (χ3n) is 1.88. The predicted octanol–water partition coefficient (Wildman–Crippen LogP) is 2.66. The molecule has 0 N–H and O–H groups in total. The normalized spacial score (nSPS) is 14.4. The van der Waals surface area contributed by atoms with Gasteiger partial charge in [-0.05, 0) is 18.2 Å². The highest BCUT2D eigenvalue weighted by Gasteiger charge is 2.17. The standard InChI is InChI=1S/C10H8F2O2/c11-10(12)14-9-5-6-13-8-4-2-1-3-7(8)9/h1-5,10H,6H2. The fourth-order valence-electron chi connectivity index (χ4n) is 1.32. The number of halogens is 2. The Morgan fingerprint density at radius 1 is 1.29 bits per heavy atom. The zero-order valence-corrected chi connectivity index (χ0v) is 7.24. The van der Waals surface area contributed by atoms with Gasteiger partial charge in [0.2, 0.25) is 0 Å². The van der Waals surface area contributed by atoms with Gasteiger partial charge in [-0.2, -0.15) is 8.78 Å². The molecular weight excluding hydrogens is 190 g/mol. The molecule has 1 aromatic rings. The van der Waals surface area contributed by atoms with E-state index in [0.29, 0.717) is 11.3 Å². The van der Waals surface area contributed by atoms with E-state index in [-0.39, 0.29) is 12.4 Å². The van der Waals surface area contributed by atoms with Crippen molar-refractivity contribution in [3.8, 4) is 5.75 Å². The summed E-state index contributed by atoms with van der Waals surface area (Å²) < 4.78 is 33.6. The van der Waals surface area contributed by atoms with Gasteiger partial charge < -0.3 is 9.47 Å². The summed E-state index contributed by atoms with van der Waals surface area (Å²) in [6.07, 6.45) is 1.49. The fraction of sp³-hybridized carbons (Fsp3) is 0.200. The molecule has 0 atom stereocenters. The van der Waals surface area contributed by atoms with Crippen molar-refractivity contribution in [3.05, 3.63) is 35.9 Å². The highest BCUT2D eigenvalue weighted by molar-refractivity contribution is 5.67. The van der Waals surface area contributed by atoms with Crippen molar-refractivity contribution in [1.29, 1.82) is 0 Å². The Morgan fingerprint density at radius 2 is 2.07 bits per heavy atom. The van der Waals surface area contributed by atoms with Crippen molar-refractivity contribution in [3.63, 3.8) is 0 Å². The number of hydrogen-bond donors (Lipinski definition) is 0. The lowest BCUT2D eigenvalue weighted by molar-refractivity contribution is -0.0718. The first kappa shape index (κ1) is 8.99. The molecule has 0 spiro atoms. The van der Waals surface area contributed by atoms with Crippen LogP contribution in [0.3, 0.4) is 0 Å². The van der Waals surface area contributed by atoms with E-state index in [0.717, 1.165) is 0 Å². The van der Waals surface area contributed by atoms with Crippen molar-refractivity contribution in [2.75, 3.05) is 6.61 Å². The summed E-state index contributed by atoms with van der Waals surface area (Å²) in [5.41, 5.74) is 0.569. The molecule has 14 heavy (non-hydrogen) atoms. The molecule has 2 nitrogen and oxygen atoms in total. The molecule has 4 heteroatoms. The molecule has 0 amide bonds. The molecule has 1 aliphatic heterocycles. The SMILES string of the molecule is FC(F)OC1=CCOc2ccccc21. The van der Waals surface area contributed by atoms with E-state index in [2.05, 4.69) is 4.74 Å². The number of hydrogen-bond acceptors (Lipinski definition) is 2. The zero-order valence-electron chi connectivity index (χ0n) is 7.24. The number of para-hydroxylation sites is 1. The van der Waals surface area contributed by atoms with Gasteiger partial charge in [0.05, 0.1) is 5.56 Å². The maximum absolute atomic E-state index is 12.0. The lowest BCUT2D eigenvalue weighted by Gasteiger charge is -2.18. The van der Waals surface area contributed by atoms with Crippen molar-refractivity contribution in [2.45, 2.75) is 6.61 Å². The molecule has 1 aliphatic rings. The monoisotopic (exact) mass is 198 g/mol. The number of fused-ring (bicyclic) bond motifs is 1. The number of ether oxygens (including phenoxy) is 2. The molecule has 0 aliphatic carbocycles. The smallest absolute Gasteiger partial charge is 0.387 e. The summed E-state index contributed by atoms with van der Waals surface area (Å²) in [6, 6.07) is 6.93. The van der Waals surface area contributed by atoms with E-state index in [9.17, 15) is 8.78 Å². The molecule has 74 valence electrons. The molecular formula is C10H8F2O2. The zero-order chi connectivity index (χ0) is 9.97. The van der Waals surface area contributed by atoms with Crippen LogP contribution in [0.4, 0.5) is 8.78 Å². The number of rotatable bonds is 2. The predicted molar refractivity (Wildman–Crippen MR) is 47.0 cm³/mol. The Bertz CT molecular complexity index is 361. The third-order valence-corrected chi connectivity index (χ3v) is 1.88. The van der Waals surface area contributed by atoms with Crippen LogP contribution in [0.25, 0.3) is 5.76 Å². The van der Waals surface area contributed by atoms with Gasteiger partial charge in [-0.3, -0.25) is 0 Å². The van der Waals surface area contributed by atoms with E-state index in [1.54, 1.807) is 24.3 Å². The van der Waals surface area contributed by atoms with E-state index in [1.165, 1.54) is 6.08 Å². The van der Waals surface area contributed by atoms with Crippen molar-refractivity contribution in [1.82, 2.24) is 0 Å². The minimum Gasteiger partial charge on any atom is -0.489 e. The molecule has 0 aromatic heterocycles. The maximum Gasteiger partial charge on any atom is 0.387 e. The summed E-state index contributed by atoms with van der Waals surface area (Å²) in [4.78, 5) is 0. The molecule has 0 saturated heterocycles. The highest BCUT2D eigenvalue weighted by atomic mass is 19.3. The molecule has 0 saturated carbocycles. The van der Waals surface area contributed by atoms with Gasteiger partial charge in [-0.1, -0.05) is 12.1 Å². The van der Waals surface area contributed by atoms with Crippen LogP contribution in [0, 0.1) is 0 Å². The Labute approximate surface area is 79.8 Å². The van der Waals surface area contributed by atoms with Gasteiger partial charge >= 0.3 is 6.61 Å². The Morgan fingerprint density at radius 3 is 2.86 bits per heavy atom. The van der Waals surface area contributed by atoms with E-state index in [4.69, 9.17) is 4.74 Å². The Hall–Kier alpha value is -1.58. The van der Waals surface area contributed by atoms with Crippen LogP contribution in [0.1, 0.15) is 5.56 Å². The summed E-state index contributed by atoms with van der Waals surface area (Å²) in [5.74, 6) is 0.757. The summed E-state index contributed by atoms with van der Waals surface area (Å²) in [7, 11) is 0. The topological polar surface area (TPSA) is 18.5 Å². The lowest BCUT2D eigenvalue weighted by atomic mass is 10.1. The molecule has 1 heterocycles. The van der Waals surface area contributed by atoms with E-state index >= 15 is 0 Å². The van der Waals surface area contributed by atoms with Gasteiger partial charge in [-0.25, -0.2) is 0 Å². The Balaban J connectivity index is 2.31. The second-order valence-electron chi connectivity index (χ2n) is 2.75. The minimum absolute atomic E-state index is 0.182. The molecule has 2 rings (SSSR count). The second-order valence-corrected chi connectivity index (χ2v) is 2.75. The van der Waals surface area contributed by atoms with Crippen LogP contribution in [0.5, 0.6) is 5.75 Å². The average molecular weight is 198 g/mol. The maximum atomic E-state index is 12.0.